The van der Waals surface area contributed by atoms with Gasteiger partial charge in [0.2, 0.25) is 0 Å². The van der Waals surface area contributed by atoms with Crippen molar-refractivity contribution in [2.45, 2.75) is 0 Å². The molecule has 0 aliphatic carbocycles. The second kappa shape index (κ2) is 4.95. The van der Waals surface area contributed by atoms with Crippen molar-refractivity contribution in [2.75, 3.05) is 5.73 Å². The molecule has 0 unspecified atom stereocenters. The molecular formula is C9H7ClIN2S-. The van der Waals surface area contributed by atoms with E-state index >= 15 is 0 Å². The molecule has 2 rings (SSSR count). The summed E-state index contributed by atoms with van der Waals surface area (Å²) in [6.07, 6.45) is 0. The summed E-state index contributed by atoms with van der Waals surface area (Å²) in [5.41, 5.74) is 7.47. The molecular weight excluding hydrogens is 331 g/mol. The van der Waals surface area contributed by atoms with Crippen molar-refractivity contribution < 1.29 is 24.0 Å². The summed E-state index contributed by atoms with van der Waals surface area (Å²) in [5.74, 6) is 0. The Hall–Kier alpha value is -0.330. The molecule has 0 bridgehead atoms. The number of rotatable bonds is 1. The summed E-state index contributed by atoms with van der Waals surface area (Å²) in [4.78, 5) is 4.16. The van der Waals surface area contributed by atoms with Crippen molar-refractivity contribution in [1.82, 2.24) is 4.98 Å². The van der Waals surface area contributed by atoms with Crippen molar-refractivity contribution in [1.29, 1.82) is 0 Å². The lowest BCUT2D eigenvalue weighted by atomic mass is 10.2. The Morgan fingerprint density at radius 3 is 2.36 bits per heavy atom. The monoisotopic (exact) mass is 337 g/mol. The summed E-state index contributed by atoms with van der Waals surface area (Å²) in [6, 6.07) is 7.53. The minimum Gasteiger partial charge on any atom is -1.00 e. The Kier molecular flexibility index (Phi) is 4.15. The van der Waals surface area contributed by atoms with Crippen LogP contribution in [0.1, 0.15) is 0 Å². The van der Waals surface area contributed by atoms with E-state index in [0.717, 1.165) is 16.3 Å². The van der Waals surface area contributed by atoms with Crippen LogP contribution < -0.4 is 29.7 Å². The number of benzene rings is 1. The third-order valence-corrected chi connectivity index (χ3v) is 2.59. The van der Waals surface area contributed by atoms with Crippen molar-refractivity contribution in [3.05, 3.63) is 34.7 Å². The van der Waals surface area contributed by atoms with E-state index in [2.05, 4.69) is 4.98 Å². The molecule has 0 saturated carbocycles. The average molecular weight is 338 g/mol. The van der Waals surface area contributed by atoms with E-state index in [1.807, 2.05) is 29.6 Å². The molecule has 2 nitrogen and oxygen atoms in total. The van der Waals surface area contributed by atoms with Crippen LogP contribution in [0, 0.1) is 0 Å². The largest absolute Gasteiger partial charge is 1.00 e. The Labute approximate surface area is 108 Å². The number of nitrogen functional groups attached to an aromatic ring is 1. The molecule has 0 saturated heterocycles. The molecule has 0 amide bonds. The average Bonchev–Trinajstić information content (AvgIpc) is 2.53. The lowest BCUT2D eigenvalue weighted by molar-refractivity contribution is -0.00000252. The van der Waals surface area contributed by atoms with E-state index in [4.69, 9.17) is 17.3 Å². The first-order valence-electron chi connectivity index (χ1n) is 3.72. The van der Waals surface area contributed by atoms with Crippen molar-refractivity contribution >= 4 is 28.1 Å². The molecule has 0 spiro atoms. The van der Waals surface area contributed by atoms with Crippen LogP contribution in [0.5, 0.6) is 0 Å². The number of hydrogen-bond acceptors (Lipinski definition) is 3. The third kappa shape index (κ3) is 2.59. The van der Waals surface area contributed by atoms with Crippen LogP contribution in [0.4, 0.5) is 5.13 Å². The van der Waals surface area contributed by atoms with E-state index in [0.29, 0.717) is 5.13 Å². The number of anilines is 1. The zero-order valence-corrected chi connectivity index (χ0v) is 10.8. The number of halogens is 2. The zero-order chi connectivity index (χ0) is 9.26. The SMILES string of the molecule is Nc1nc(-c2ccc(Cl)cc2)cs1.[I-]. The first-order chi connectivity index (χ1) is 6.25. The molecule has 5 heteroatoms. The number of thiazole rings is 1. The van der Waals surface area contributed by atoms with Crippen LogP contribution in [-0.4, -0.2) is 4.98 Å². The summed E-state index contributed by atoms with van der Waals surface area (Å²) in [5, 5.41) is 3.25. The van der Waals surface area contributed by atoms with Crippen LogP contribution >= 0.6 is 22.9 Å². The standard InChI is InChI=1S/C9H7ClN2S.HI/c10-7-3-1-6(2-4-7)8-5-13-9(11)12-8;/h1-5H,(H2,11,12);1H/p-1. The maximum Gasteiger partial charge on any atom is 0.180 e. The fourth-order valence-electron chi connectivity index (χ4n) is 1.04. The molecule has 74 valence electrons. The molecule has 0 aliphatic rings. The van der Waals surface area contributed by atoms with Crippen LogP contribution in [0.2, 0.25) is 5.02 Å². The van der Waals surface area contributed by atoms with Crippen LogP contribution in [0.15, 0.2) is 29.6 Å². The molecule has 0 fully saturated rings. The maximum atomic E-state index is 5.76. The highest BCUT2D eigenvalue weighted by atomic mass is 127. The molecule has 2 N–H and O–H groups in total. The minimum atomic E-state index is 0. The maximum absolute atomic E-state index is 5.76. The minimum absolute atomic E-state index is 0. The predicted molar refractivity (Wildman–Crippen MR) is 57.0 cm³/mol. The van der Waals surface area contributed by atoms with E-state index in [1.165, 1.54) is 11.3 Å². The zero-order valence-electron chi connectivity index (χ0n) is 7.08. The van der Waals surface area contributed by atoms with Crippen molar-refractivity contribution in [3.63, 3.8) is 0 Å². The van der Waals surface area contributed by atoms with Crippen LogP contribution in [0.25, 0.3) is 11.3 Å². The van der Waals surface area contributed by atoms with E-state index in [1.54, 1.807) is 0 Å². The smallest absolute Gasteiger partial charge is 0.180 e. The number of nitrogens with two attached hydrogens (primary N) is 1. The summed E-state index contributed by atoms with van der Waals surface area (Å²) in [7, 11) is 0. The van der Waals surface area contributed by atoms with Gasteiger partial charge in [-0.1, -0.05) is 23.7 Å². The van der Waals surface area contributed by atoms with Crippen LogP contribution in [-0.2, 0) is 0 Å². The second-order valence-electron chi connectivity index (χ2n) is 2.58. The Balaban J connectivity index is 0.000000980. The fraction of sp³-hybridized carbons (Fsp3) is 0. The fourth-order valence-corrected chi connectivity index (χ4v) is 1.74. The molecule has 14 heavy (non-hydrogen) atoms. The second-order valence-corrected chi connectivity index (χ2v) is 3.90. The van der Waals surface area contributed by atoms with Gasteiger partial charge in [0.25, 0.3) is 0 Å². The van der Waals surface area contributed by atoms with Crippen LogP contribution in [0.3, 0.4) is 0 Å². The van der Waals surface area contributed by atoms with E-state index in [9.17, 15) is 0 Å². The Morgan fingerprint density at radius 2 is 1.86 bits per heavy atom. The number of nitrogens with zero attached hydrogens (tertiary/aromatic N) is 1. The van der Waals surface area contributed by atoms with Gasteiger partial charge in [-0.3, -0.25) is 0 Å². The predicted octanol–water partition coefficient (Wildman–Crippen LogP) is 0.0497. The highest BCUT2D eigenvalue weighted by molar-refractivity contribution is 7.13. The first kappa shape index (κ1) is 11.7. The van der Waals surface area contributed by atoms with Gasteiger partial charge >= 0.3 is 0 Å². The summed E-state index contributed by atoms with van der Waals surface area (Å²) < 4.78 is 0. The van der Waals surface area contributed by atoms with Gasteiger partial charge in [0.05, 0.1) is 5.69 Å². The van der Waals surface area contributed by atoms with Gasteiger partial charge in [-0.2, -0.15) is 0 Å². The van der Waals surface area contributed by atoms with Gasteiger partial charge < -0.3 is 29.7 Å². The Morgan fingerprint density at radius 1 is 1.21 bits per heavy atom. The van der Waals surface area contributed by atoms with E-state index < -0.39 is 0 Å². The van der Waals surface area contributed by atoms with Gasteiger partial charge in [-0.15, -0.1) is 11.3 Å². The molecule has 1 aromatic heterocycles. The van der Waals surface area contributed by atoms with Crippen molar-refractivity contribution in [3.8, 4) is 11.3 Å². The van der Waals surface area contributed by atoms with Gasteiger partial charge in [0.15, 0.2) is 5.13 Å². The molecule has 1 heterocycles. The quantitative estimate of drug-likeness (QED) is 0.747. The lowest BCUT2D eigenvalue weighted by Crippen LogP contribution is -3.00. The van der Waals surface area contributed by atoms with E-state index in [-0.39, 0.29) is 24.0 Å². The molecule has 0 aliphatic heterocycles. The summed E-state index contributed by atoms with van der Waals surface area (Å²) in [6.45, 7) is 0. The first-order valence-corrected chi connectivity index (χ1v) is 4.98. The topological polar surface area (TPSA) is 38.9 Å². The molecule has 1 aromatic carbocycles. The highest BCUT2D eigenvalue weighted by Crippen LogP contribution is 2.24. The summed E-state index contributed by atoms with van der Waals surface area (Å²) >= 11 is 7.20. The third-order valence-electron chi connectivity index (χ3n) is 1.66. The normalized spacial score (nSPS) is 9.50. The highest BCUT2D eigenvalue weighted by Gasteiger charge is 2.01. The molecule has 0 radical (unpaired) electrons. The number of hydrogen-bond donors (Lipinski definition) is 1. The molecule has 0 atom stereocenters. The van der Waals surface area contributed by atoms with Gasteiger partial charge in [0.1, 0.15) is 0 Å². The number of aromatic nitrogens is 1. The van der Waals surface area contributed by atoms with Gasteiger partial charge in [-0.25, -0.2) is 4.98 Å². The van der Waals surface area contributed by atoms with Gasteiger partial charge in [-0.05, 0) is 12.1 Å². The molecule has 2 aromatic rings. The van der Waals surface area contributed by atoms with Crippen molar-refractivity contribution in [2.24, 2.45) is 0 Å². The lowest BCUT2D eigenvalue weighted by Gasteiger charge is -1.95. The Bertz CT molecular complexity index is 413. The van der Waals surface area contributed by atoms with Gasteiger partial charge in [0, 0.05) is 16.0 Å².